The van der Waals surface area contributed by atoms with Crippen LogP contribution in [0.3, 0.4) is 0 Å². The third-order valence-electron chi connectivity index (χ3n) is 10.4. The Morgan fingerprint density at radius 1 is 0.675 bits per heavy atom. The van der Waals surface area contributed by atoms with Crippen LogP contribution < -0.4 is 16.8 Å². The van der Waals surface area contributed by atoms with Gasteiger partial charge in [-0.15, -0.1) is 0 Å². The predicted octanol–water partition coefficient (Wildman–Crippen LogP) is 9.55. The van der Waals surface area contributed by atoms with E-state index in [-0.39, 0.29) is 38.3 Å². The van der Waals surface area contributed by atoms with Gasteiger partial charge in [0, 0.05) is 66.3 Å². The second-order valence-electron chi connectivity index (χ2n) is 16.0. The molecule has 400 valence electrons. The first-order valence-corrected chi connectivity index (χ1v) is 24.2. The van der Waals surface area contributed by atoms with E-state index >= 15 is 0 Å². The Hall–Kier alpha value is -8.37. The van der Waals surface area contributed by atoms with Gasteiger partial charge in [0.25, 0.3) is 0 Å². The van der Waals surface area contributed by atoms with Gasteiger partial charge in [-0.2, -0.15) is 9.97 Å². The number of nitrogens with two attached hydrogens (primary N) is 2. The van der Waals surface area contributed by atoms with Gasteiger partial charge < -0.3 is 40.5 Å². The van der Waals surface area contributed by atoms with E-state index in [2.05, 4.69) is 55.4 Å². The summed E-state index contributed by atoms with van der Waals surface area (Å²) >= 11 is 22.5. The minimum Gasteiger partial charge on any atom is -0.459 e. The summed E-state index contributed by atoms with van der Waals surface area (Å²) in [6.45, 7) is 7.80. The van der Waals surface area contributed by atoms with Gasteiger partial charge in [-0.3, -0.25) is 24.5 Å². The zero-order chi connectivity index (χ0) is 54.9. The molecular formula is C52H50Cl4N12O9. The average Bonchev–Trinajstić information content (AvgIpc) is 4.07. The van der Waals surface area contributed by atoms with E-state index in [0.717, 1.165) is 66.2 Å². The molecule has 3 aromatic carbocycles. The Labute approximate surface area is 460 Å². The highest BCUT2D eigenvalue weighted by Crippen LogP contribution is 2.22. The van der Waals surface area contributed by atoms with E-state index < -0.39 is 23.1 Å². The maximum Gasteiger partial charge on any atom is 0.397 e. The number of nitrogen functional groups attached to an aromatic ring is 1. The van der Waals surface area contributed by atoms with Crippen LogP contribution >= 0.6 is 46.4 Å². The quantitative estimate of drug-likeness (QED) is 0.0159. The number of esters is 2. The lowest BCUT2D eigenvalue weighted by Crippen LogP contribution is -2.24. The van der Waals surface area contributed by atoms with E-state index in [9.17, 15) is 19.2 Å². The molecule has 9 rings (SSSR count). The van der Waals surface area contributed by atoms with Gasteiger partial charge >= 0.3 is 34.9 Å². The van der Waals surface area contributed by atoms with Crippen LogP contribution in [-0.4, -0.2) is 87.6 Å². The molecule has 0 aliphatic heterocycles. The number of amides is 1. The number of pyridine rings is 4. The fourth-order valence-electron chi connectivity index (χ4n) is 7.01. The van der Waals surface area contributed by atoms with E-state index in [1.807, 2.05) is 86.6 Å². The van der Waals surface area contributed by atoms with Crippen molar-refractivity contribution in [3.8, 4) is 0 Å². The Balaban J connectivity index is 0.000000205. The van der Waals surface area contributed by atoms with E-state index in [1.165, 1.54) is 0 Å². The van der Waals surface area contributed by atoms with Crippen molar-refractivity contribution in [3.05, 3.63) is 169 Å². The smallest absolute Gasteiger partial charge is 0.397 e. The molecule has 6 N–H and O–H groups in total. The summed E-state index contributed by atoms with van der Waals surface area (Å²) < 4.78 is 19.0. The molecule has 0 spiro atoms. The van der Waals surface area contributed by atoms with E-state index in [4.69, 9.17) is 76.9 Å². The fourth-order valence-corrected chi connectivity index (χ4v) is 7.56. The van der Waals surface area contributed by atoms with Crippen molar-refractivity contribution < 1.29 is 42.9 Å². The predicted molar refractivity (Wildman–Crippen MR) is 291 cm³/mol. The number of halogens is 4. The first kappa shape index (κ1) is 59.5. The molecule has 0 bridgehead atoms. The van der Waals surface area contributed by atoms with Gasteiger partial charge in [-0.1, -0.05) is 75.9 Å². The second-order valence-corrected chi connectivity index (χ2v) is 17.7. The number of fused-ring (bicyclic) bond motifs is 3. The molecule has 0 saturated carbocycles. The van der Waals surface area contributed by atoms with Crippen molar-refractivity contribution in [2.75, 3.05) is 18.9 Å². The summed E-state index contributed by atoms with van der Waals surface area (Å²) in [5.41, 5.74) is 19.2. The molecule has 0 aliphatic rings. The number of carbonyl (C=O) groups excluding carboxylic acids is 4. The first-order chi connectivity index (χ1) is 36.4. The third-order valence-corrected chi connectivity index (χ3v) is 11.2. The number of nitrogens with one attached hydrogen (secondary N) is 1. The number of rotatable bonds is 13. The Bertz CT molecular complexity index is 3550. The lowest BCUT2D eigenvalue weighted by molar-refractivity contribution is -0.149. The van der Waals surface area contributed by atoms with Crippen LogP contribution in [-0.2, 0) is 44.9 Å². The number of oxime groups is 1. The molecule has 0 fully saturated rings. The summed E-state index contributed by atoms with van der Waals surface area (Å²) in [5.74, 6) is -0.823. The summed E-state index contributed by atoms with van der Waals surface area (Å²) in [7, 11) is 0. The second kappa shape index (κ2) is 28.5. The molecule has 25 heteroatoms. The number of hydrogen-bond donors (Lipinski definition) is 4. The number of aryl methyl sites for hydroxylation is 2. The van der Waals surface area contributed by atoms with Crippen molar-refractivity contribution in [1.82, 2.24) is 45.5 Å². The first-order valence-electron chi connectivity index (χ1n) is 22.7. The van der Waals surface area contributed by atoms with Crippen LogP contribution in [0, 0.1) is 13.8 Å². The number of aromatic nitrogens is 8. The number of hydrogen-bond acceptors (Lipinski definition) is 19. The summed E-state index contributed by atoms with van der Waals surface area (Å²) in [5, 5.41) is 25.4. The highest BCUT2D eigenvalue weighted by atomic mass is 35.5. The summed E-state index contributed by atoms with van der Waals surface area (Å²) in [4.78, 5) is 68.9. The summed E-state index contributed by atoms with van der Waals surface area (Å²) in [6, 6.07) is 24.5. The third kappa shape index (κ3) is 17.6. The standard InChI is InChI=1S/C21H19ClN6O2.C15H12ClN3O3.C11H10ClN3O.C4H5ClO3.CH4/c1-11-5-18(23)26-12(2)16(11)10-25-20(29)21-27-19(28-30-21)7-13-3-4-17-14(6-13)8-15(22)9-24-17;1-2-21-15(20)14-18-13(19-22-14)6-9-3-4-12-10(5-9)7-11(16)8-17-12;12-9-5-8-3-7(4-11(13)15-16)1-2-10(8)14-6-9;1-2-8-4(7)3(5)6;/h3-6,8-9H,7,10H2,1-2H3,(H2,23,26)(H,25,29);3-5,7-8H,2,6H2,1H3;1-3,5-6,16H,4H2,(H2,13,15);2H2,1H3;1H4. The van der Waals surface area contributed by atoms with Crippen molar-refractivity contribution in [2.45, 2.75) is 60.9 Å². The zero-order valence-electron chi connectivity index (χ0n) is 40.9. The van der Waals surface area contributed by atoms with Crippen LogP contribution in [0.1, 0.15) is 87.8 Å². The molecule has 1 amide bonds. The highest BCUT2D eigenvalue weighted by Gasteiger charge is 2.18. The molecule has 0 aliphatic carbocycles. The number of carbonyl (C=O) groups is 4. The average molecular weight is 1130 g/mol. The SMILES string of the molecule is C.CCOC(=O)C(=O)Cl.CCOC(=O)c1nc(Cc2ccc3ncc(Cl)cc3c2)no1.Cc1cc(N)nc(C)c1CNC(=O)c1nc(Cc2ccc3ncc(Cl)cc3c2)no1.N/C(Cc1ccc2ncc(Cl)cc2c1)=N\O. The highest BCUT2D eigenvalue weighted by molar-refractivity contribution is 6.80. The fraction of sp³-hybridized carbons (Fsp3) is 0.212. The Morgan fingerprint density at radius 3 is 1.60 bits per heavy atom. The maximum atomic E-state index is 12.4. The molecule has 0 radical (unpaired) electrons. The summed E-state index contributed by atoms with van der Waals surface area (Å²) in [6.07, 6.45) is 6.07. The van der Waals surface area contributed by atoms with Gasteiger partial charge in [-0.05, 0) is 128 Å². The number of ether oxygens (including phenoxy) is 2. The molecule has 9 aromatic rings. The van der Waals surface area contributed by atoms with Gasteiger partial charge in [0.15, 0.2) is 11.6 Å². The minimum absolute atomic E-state index is 0. The van der Waals surface area contributed by atoms with E-state index in [0.29, 0.717) is 58.3 Å². The van der Waals surface area contributed by atoms with Gasteiger partial charge in [0.2, 0.25) is 0 Å². The van der Waals surface area contributed by atoms with Crippen LogP contribution in [0.4, 0.5) is 5.82 Å². The maximum absolute atomic E-state index is 12.4. The minimum atomic E-state index is -1.08. The van der Waals surface area contributed by atoms with Crippen molar-refractivity contribution >= 4 is 114 Å². The zero-order valence-corrected chi connectivity index (χ0v) is 43.9. The Kier molecular flexibility index (Phi) is 22.0. The van der Waals surface area contributed by atoms with Gasteiger partial charge in [-0.25, -0.2) is 14.6 Å². The molecule has 6 aromatic heterocycles. The number of anilines is 1. The van der Waals surface area contributed by atoms with Crippen molar-refractivity contribution in [1.29, 1.82) is 0 Å². The molecule has 6 heterocycles. The largest absolute Gasteiger partial charge is 0.459 e. The lowest BCUT2D eigenvalue weighted by Gasteiger charge is -2.10. The number of amidine groups is 1. The molecule has 21 nitrogen and oxygen atoms in total. The molecule has 0 atom stereocenters. The van der Waals surface area contributed by atoms with Crippen LogP contribution in [0.5, 0.6) is 0 Å². The topological polar surface area (TPSA) is 313 Å². The monoisotopic (exact) mass is 1130 g/mol. The van der Waals surface area contributed by atoms with E-state index in [1.54, 1.807) is 38.5 Å². The number of benzene rings is 3. The normalized spacial score (nSPS) is 10.7. The van der Waals surface area contributed by atoms with Crippen LogP contribution in [0.25, 0.3) is 32.7 Å². The molecule has 0 saturated heterocycles. The molecular weight excluding hydrogens is 1080 g/mol. The Morgan fingerprint density at radius 2 is 1.14 bits per heavy atom. The van der Waals surface area contributed by atoms with Gasteiger partial charge in [0.05, 0.1) is 44.8 Å². The molecule has 0 unspecified atom stereocenters. The molecule has 77 heavy (non-hydrogen) atoms. The lowest BCUT2D eigenvalue weighted by atomic mass is 10.1. The van der Waals surface area contributed by atoms with Crippen molar-refractivity contribution in [2.24, 2.45) is 10.9 Å². The van der Waals surface area contributed by atoms with Crippen molar-refractivity contribution in [3.63, 3.8) is 0 Å². The van der Waals surface area contributed by atoms with Gasteiger partial charge in [0.1, 0.15) is 11.7 Å². The van der Waals surface area contributed by atoms with Crippen LogP contribution in [0.2, 0.25) is 15.1 Å². The number of nitrogens with zero attached hydrogens (tertiary/aromatic N) is 9. The van der Waals surface area contributed by atoms with Crippen LogP contribution in [0.15, 0.2) is 112 Å².